The van der Waals surface area contributed by atoms with E-state index in [4.69, 9.17) is 10.5 Å². The predicted molar refractivity (Wildman–Crippen MR) is 46.9 cm³/mol. The molecule has 0 aliphatic heterocycles. The molecule has 0 fully saturated rings. The second-order valence-electron chi connectivity index (χ2n) is 2.74. The van der Waals surface area contributed by atoms with Gasteiger partial charge in [-0.3, -0.25) is 0 Å². The Bertz CT molecular complexity index is 291. The Morgan fingerprint density at radius 1 is 1.62 bits per heavy atom. The van der Waals surface area contributed by atoms with E-state index >= 15 is 0 Å². The highest BCUT2D eigenvalue weighted by Crippen LogP contribution is 2.25. The van der Waals surface area contributed by atoms with Gasteiger partial charge in [-0.05, 0) is 6.07 Å². The van der Waals surface area contributed by atoms with Crippen molar-refractivity contribution >= 4 is 0 Å². The zero-order chi connectivity index (χ0) is 9.84. The lowest BCUT2D eigenvalue weighted by Gasteiger charge is -2.12. The molecule has 3 N–H and O–H groups in total. The fourth-order valence-corrected chi connectivity index (χ4v) is 1.10. The Balaban J connectivity index is 2.93. The van der Waals surface area contributed by atoms with Crippen molar-refractivity contribution in [1.82, 2.24) is 0 Å². The molecule has 1 aromatic rings. The lowest BCUT2D eigenvalue weighted by molar-refractivity contribution is 0.179. The van der Waals surface area contributed by atoms with Crippen molar-refractivity contribution < 1.29 is 14.2 Å². The minimum Gasteiger partial charge on any atom is -0.505 e. The lowest BCUT2D eigenvalue weighted by atomic mass is 10.1. The van der Waals surface area contributed by atoms with Crippen molar-refractivity contribution in [2.24, 2.45) is 5.73 Å². The van der Waals surface area contributed by atoms with E-state index in [0.29, 0.717) is 5.56 Å². The summed E-state index contributed by atoms with van der Waals surface area (Å²) in [7, 11) is 1.50. The molecule has 0 saturated heterocycles. The van der Waals surface area contributed by atoms with E-state index in [0.717, 1.165) is 0 Å². The van der Waals surface area contributed by atoms with Gasteiger partial charge in [0.05, 0.1) is 12.6 Å². The van der Waals surface area contributed by atoms with Crippen LogP contribution >= 0.6 is 0 Å². The van der Waals surface area contributed by atoms with Gasteiger partial charge in [-0.2, -0.15) is 0 Å². The molecule has 72 valence electrons. The van der Waals surface area contributed by atoms with E-state index in [1.165, 1.54) is 19.2 Å². The van der Waals surface area contributed by atoms with Crippen molar-refractivity contribution in [2.75, 3.05) is 13.7 Å². The summed E-state index contributed by atoms with van der Waals surface area (Å²) >= 11 is 0. The van der Waals surface area contributed by atoms with Gasteiger partial charge in [0.25, 0.3) is 0 Å². The number of methoxy groups -OCH3 is 1. The summed E-state index contributed by atoms with van der Waals surface area (Å²) in [5.41, 5.74) is 5.99. The van der Waals surface area contributed by atoms with Crippen LogP contribution in [0.3, 0.4) is 0 Å². The second-order valence-corrected chi connectivity index (χ2v) is 2.74. The number of benzene rings is 1. The largest absolute Gasteiger partial charge is 0.505 e. The van der Waals surface area contributed by atoms with E-state index in [-0.39, 0.29) is 6.61 Å². The van der Waals surface area contributed by atoms with E-state index in [9.17, 15) is 9.50 Å². The average Bonchev–Trinajstić information content (AvgIpc) is 2.10. The van der Waals surface area contributed by atoms with Crippen molar-refractivity contribution in [3.8, 4) is 5.75 Å². The molecule has 1 rings (SSSR count). The number of phenols is 1. The van der Waals surface area contributed by atoms with Gasteiger partial charge in [0.15, 0.2) is 11.6 Å². The van der Waals surface area contributed by atoms with Crippen LogP contribution in [0.15, 0.2) is 18.2 Å². The zero-order valence-corrected chi connectivity index (χ0v) is 7.33. The van der Waals surface area contributed by atoms with Gasteiger partial charge in [0.2, 0.25) is 0 Å². The van der Waals surface area contributed by atoms with Crippen LogP contribution in [0.5, 0.6) is 5.75 Å². The molecule has 0 aromatic heterocycles. The number of hydrogen-bond donors (Lipinski definition) is 2. The topological polar surface area (TPSA) is 55.5 Å². The van der Waals surface area contributed by atoms with E-state index < -0.39 is 17.6 Å². The molecule has 0 radical (unpaired) electrons. The Morgan fingerprint density at radius 3 is 2.92 bits per heavy atom. The van der Waals surface area contributed by atoms with Gasteiger partial charge in [-0.25, -0.2) is 4.39 Å². The summed E-state index contributed by atoms with van der Waals surface area (Å²) in [5.74, 6) is -1.06. The highest BCUT2D eigenvalue weighted by atomic mass is 19.1. The van der Waals surface area contributed by atoms with Gasteiger partial charge < -0.3 is 15.6 Å². The van der Waals surface area contributed by atoms with Crippen molar-refractivity contribution in [3.63, 3.8) is 0 Å². The first-order valence-corrected chi connectivity index (χ1v) is 3.88. The maximum absolute atomic E-state index is 12.8. The van der Waals surface area contributed by atoms with Gasteiger partial charge >= 0.3 is 0 Å². The van der Waals surface area contributed by atoms with Gasteiger partial charge in [-0.15, -0.1) is 0 Å². The fraction of sp³-hybridized carbons (Fsp3) is 0.333. The fourth-order valence-electron chi connectivity index (χ4n) is 1.10. The molecule has 1 unspecified atom stereocenters. The van der Waals surface area contributed by atoms with Crippen molar-refractivity contribution in [1.29, 1.82) is 0 Å². The van der Waals surface area contributed by atoms with Crippen molar-refractivity contribution in [2.45, 2.75) is 6.04 Å². The summed E-state index contributed by atoms with van der Waals surface area (Å²) < 4.78 is 17.6. The van der Waals surface area contributed by atoms with Crippen molar-refractivity contribution in [3.05, 3.63) is 29.6 Å². The maximum Gasteiger partial charge on any atom is 0.165 e. The number of para-hydroxylation sites is 1. The SMILES string of the molecule is COCC(N)c1cccc(F)c1O. The average molecular weight is 185 g/mol. The van der Waals surface area contributed by atoms with Crippen LogP contribution in [0.2, 0.25) is 0 Å². The molecule has 4 heteroatoms. The van der Waals surface area contributed by atoms with E-state index in [2.05, 4.69) is 0 Å². The number of rotatable bonds is 3. The summed E-state index contributed by atoms with van der Waals surface area (Å²) in [4.78, 5) is 0. The molecular formula is C9H12FNO2. The highest BCUT2D eigenvalue weighted by molar-refractivity contribution is 5.35. The van der Waals surface area contributed by atoms with Crippen LogP contribution < -0.4 is 5.73 Å². The summed E-state index contributed by atoms with van der Waals surface area (Å²) in [6, 6.07) is 3.75. The van der Waals surface area contributed by atoms with Crippen LogP contribution in [0.1, 0.15) is 11.6 Å². The molecule has 0 aliphatic carbocycles. The number of ether oxygens (including phenoxy) is 1. The number of halogens is 1. The lowest BCUT2D eigenvalue weighted by Crippen LogP contribution is -2.16. The molecule has 0 bridgehead atoms. The highest BCUT2D eigenvalue weighted by Gasteiger charge is 2.12. The molecule has 0 aliphatic rings. The third-order valence-electron chi connectivity index (χ3n) is 1.76. The molecule has 0 heterocycles. The standard InChI is InChI=1S/C9H12FNO2/c1-13-5-8(11)6-3-2-4-7(10)9(6)12/h2-4,8,12H,5,11H2,1H3. The quantitative estimate of drug-likeness (QED) is 0.743. The molecular weight excluding hydrogens is 173 g/mol. The summed E-state index contributed by atoms with van der Waals surface area (Å²) in [5, 5.41) is 9.28. The van der Waals surface area contributed by atoms with Crippen LogP contribution in [-0.2, 0) is 4.74 Å². The number of nitrogens with two attached hydrogens (primary N) is 1. The first-order valence-electron chi connectivity index (χ1n) is 3.88. The van der Waals surface area contributed by atoms with Crippen LogP contribution in [-0.4, -0.2) is 18.8 Å². The zero-order valence-electron chi connectivity index (χ0n) is 7.33. The Labute approximate surface area is 75.9 Å². The maximum atomic E-state index is 12.8. The number of phenolic OH excluding ortho intramolecular Hbond substituents is 1. The van der Waals surface area contributed by atoms with E-state index in [1.54, 1.807) is 6.07 Å². The Morgan fingerprint density at radius 2 is 2.31 bits per heavy atom. The first kappa shape index (κ1) is 9.95. The van der Waals surface area contributed by atoms with Gasteiger partial charge in [0, 0.05) is 12.7 Å². The number of aromatic hydroxyl groups is 1. The molecule has 3 nitrogen and oxygen atoms in total. The summed E-state index contributed by atoms with van der Waals surface area (Å²) in [6.07, 6.45) is 0. The van der Waals surface area contributed by atoms with E-state index in [1.807, 2.05) is 0 Å². The smallest absolute Gasteiger partial charge is 0.165 e. The first-order chi connectivity index (χ1) is 6.16. The summed E-state index contributed by atoms with van der Waals surface area (Å²) in [6.45, 7) is 0.247. The van der Waals surface area contributed by atoms with Crippen LogP contribution in [0, 0.1) is 5.82 Å². The minimum absolute atomic E-state index is 0.247. The molecule has 1 aromatic carbocycles. The second kappa shape index (κ2) is 4.20. The normalized spacial score (nSPS) is 12.8. The van der Waals surface area contributed by atoms with Gasteiger partial charge in [-0.1, -0.05) is 12.1 Å². The monoisotopic (exact) mass is 185 g/mol. The Hall–Kier alpha value is -1.13. The van der Waals surface area contributed by atoms with Crippen LogP contribution in [0.4, 0.5) is 4.39 Å². The molecule has 0 saturated carbocycles. The number of hydrogen-bond acceptors (Lipinski definition) is 3. The predicted octanol–water partition coefficient (Wildman–Crippen LogP) is 1.18. The Kier molecular flexibility index (Phi) is 3.22. The van der Waals surface area contributed by atoms with Crippen LogP contribution in [0.25, 0.3) is 0 Å². The minimum atomic E-state index is -0.663. The molecule has 1 atom stereocenters. The van der Waals surface area contributed by atoms with Gasteiger partial charge in [0.1, 0.15) is 0 Å². The molecule has 13 heavy (non-hydrogen) atoms. The molecule has 0 amide bonds. The third-order valence-corrected chi connectivity index (χ3v) is 1.76. The third kappa shape index (κ3) is 2.17. The molecule has 0 spiro atoms.